The molecule has 1 aliphatic rings. The summed E-state index contributed by atoms with van der Waals surface area (Å²) in [5, 5.41) is 3.18. The van der Waals surface area contributed by atoms with E-state index in [9.17, 15) is 4.79 Å². The van der Waals surface area contributed by atoms with Crippen molar-refractivity contribution >= 4 is 17.1 Å². The van der Waals surface area contributed by atoms with Gasteiger partial charge in [0, 0.05) is 29.3 Å². The summed E-state index contributed by atoms with van der Waals surface area (Å²) in [6.07, 6.45) is 3.64. The second-order valence-electron chi connectivity index (χ2n) is 6.10. The zero-order chi connectivity index (χ0) is 13.6. The van der Waals surface area contributed by atoms with E-state index in [1.54, 1.807) is 11.3 Å². The van der Waals surface area contributed by atoms with Crippen LogP contribution in [0.25, 0.3) is 0 Å². The minimum absolute atomic E-state index is 0.0676. The van der Waals surface area contributed by atoms with Crippen LogP contribution in [0.4, 0.5) is 0 Å². The fraction of sp³-hybridized carbons (Fsp3) is 0.467. The van der Waals surface area contributed by atoms with E-state index in [4.69, 9.17) is 0 Å². The van der Waals surface area contributed by atoms with Crippen LogP contribution < -0.4 is 0 Å². The van der Waals surface area contributed by atoms with E-state index in [0.717, 1.165) is 29.2 Å². The van der Waals surface area contributed by atoms with E-state index in [-0.39, 0.29) is 11.2 Å². The van der Waals surface area contributed by atoms with E-state index in [1.807, 2.05) is 19.2 Å². The standard InChI is InChI=1S/C15H18N2OS/c1-10-16-11(9-19-10)8-17-5-4-12-13(17)6-15(2,3)7-14(12)18/h4-5,9H,6-8H2,1-3H3. The first kappa shape index (κ1) is 12.6. The summed E-state index contributed by atoms with van der Waals surface area (Å²) in [5.74, 6) is 0.277. The first-order valence-corrected chi connectivity index (χ1v) is 7.45. The number of hydrogen-bond acceptors (Lipinski definition) is 3. The lowest BCUT2D eigenvalue weighted by Crippen LogP contribution is -2.28. The fourth-order valence-corrected chi connectivity index (χ4v) is 3.41. The Balaban J connectivity index is 1.95. The molecule has 4 heteroatoms. The van der Waals surface area contributed by atoms with Gasteiger partial charge < -0.3 is 4.57 Å². The van der Waals surface area contributed by atoms with Crippen LogP contribution >= 0.6 is 11.3 Å². The molecule has 2 aromatic rings. The van der Waals surface area contributed by atoms with E-state index in [0.29, 0.717) is 6.42 Å². The number of thiazole rings is 1. The lowest BCUT2D eigenvalue weighted by molar-refractivity contribution is 0.0910. The molecule has 0 bridgehead atoms. The second-order valence-corrected chi connectivity index (χ2v) is 7.17. The molecule has 0 aromatic carbocycles. The molecule has 0 N–H and O–H groups in total. The third kappa shape index (κ3) is 2.37. The molecule has 0 spiro atoms. The molecule has 0 unspecified atom stereocenters. The maximum absolute atomic E-state index is 12.1. The van der Waals surface area contributed by atoms with Crippen molar-refractivity contribution in [2.75, 3.05) is 0 Å². The maximum atomic E-state index is 12.1. The van der Waals surface area contributed by atoms with Crippen LogP contribution in [0.5, 0.6) is 0 Å². The summed E-state index contributed by atoms with van der Waals surface area (Å²) in [7, 11) is 0. The number of nitrogens with zero attached hydrogens (tertiary/aromatic N) is 2. The molecule has 3 rings (SSSR count). The van der Waals surface area contributed by atoms with Crippen molar-refractivity contribution in [1.82, 2.24) is 9.55 Å². The predicted molar refractivity (Wildman–Crippen MR) is 76.8 cm³/mol. The molecule has 0 fully saturated rings. The van der Waals surface area contributed by atoms with Crippen LogP contribution in [-0.4, -0.2) is 15.3 Å². The molecule has 0 saturated heterocycles. The third-order valence-corrected chi connectivity index (χ3v) is 4.49. The summed E-state index contributed by atoms with van der Waals surface area (Å²) in [6.45, 7) is 7.12. The molecule has 0 aliphatic heterocycles. The van der Waals surface area contributed by atoms with Crippen molar-refractivity contribution in [1.29, 1.82) is 0 Å². The van der Waals surface area contributed by atoms with Crippen LogP contribution in [0.15, 0.2) is 17.6 Å². The average molecular weight is 274 g/mol. The van der Waals surface area contributed by atoms with Gasteiger partial charge in [0.25, 0.3) is 0 Å². The highest BCUT2D eigenvalue weighted by atomic mass is 32.1. The Morgan fingerprint density at radius 3 is 2.89 bits per heavy atom. The molecule has 100 valence electrons. The lowest BCUT2D eigenvalue weighted by atomic mass is 9.76. The predicted octanol–water partition coefficient (Wildman–Crippen LogP) is 3.46. The van der Waals surface area contributed by atoms with Gasteiger partial charge in [-0.2, -0.15) is 0 Å². The highest BCUT2D eigenvalue weighted by molar-refractivity contribution is 7.09. The number of hydrogen-bond donors (Lipinski definition) is 0. The smallest absolute Gasteiger partial charge is 0.165 e. The van der Waals surface area contributed by atoms with Crippen molar-refractivity contribution in [3.05, 3.63) is 39.6 Å². The molecule has 1 aliphatic carbocycles. The number of carbonyl (C=O) groups excluding carboxylic acids is 1. The number of aromatic nitrogens is 2. The number of carbonyl (C=O) groups is 1. The number of aryl methyl sites for hydroxylation is 1. The quantitative estimate of drug-likeness (QED) is 0.840. The summed E-state index contributed by atoms with van der Waals surface area (Å²) in [6, 6.07) is 1.96. The first-order chi connectivity index (χ1) is 8.94. The fourth-order valence-electron chi connectivity index (χ4n) is 2.81. The van der Waals surface area contributed by atoms with Crippen molar-refractivity contribution in [3.8, 4) is 0 Å². The summed E-state index contributed by atoms with van der Waals surface area (Å²) in [5.41, 5.74) is 3.23. The van der Waals surface area contributed by atoms with Crippen LogP contribution in [0.1, 0.15) is 47.0 Å². The number of fused-ring (bicyclic) bond motifs is 1. The van der Waals surface area contributed by atoms with Gasteiger partial charge in [-0.15, -0.1) is 11.3 Å². The number of Topliss-reactive ketones (excluding diaryl/α,β-unsaturated/α-hetero) is 1. The topological polar surface area (TPSA) is 34.9 Å². The summed E-state index contributed by atoms with van der Waals surface area (Å²) in [4.78, 5) is 16.6. The van der Waals surface area contributed by atoms with Crippen LogP contribution in [0, 0.1) is 12.3 Å². The van der Waals surface area contributed by atoms with Crippen molar-refractivity contribution in [3.63, 3.8) is 0 Å². The van der Waals surface area contributed by atoms with Gasteiger partial charge >= 0.3 is 0 Å². The number of rotatable bonds is 2. The van der Waals surface area contributed by atoms with E-state index in [1.165, 1.54) is 5.69 Å². The van der Waals surface area contributed by atoms with E-state index >= 15 is 0 Å². The Bertz CT molecular complexity index is 636. The Labute approximate surface area is 117 Å². The molecule has 0 atom stereocenters. The van der Waals surface area contributed by atoms with Gasteiger partial charge in [0.2, 0.25) is 0 Å². The molecule has 3 nitrogen and oxygen atoms in total. The highest BCUT2D eigenvalue weighted by Gasteiger charge is 2.32. The monoisotopic (exact) mass is 274 g/mol. The third-order valence-electron chi connectivity index (χ3n) is 3.66. The van der Waals surface area contributed by atoms with Gasteiger partial charge in [-0.3, -0.25) is 4.79 Å². The highest BCUT2D eigenvalue weighted by Crippen LogP contribution is 2.35. The first-order valence-electron chi connectivity index (χ1n) is 6.57. The molecule has 0 amide bonds. The Morgan fingerprint density at radius 1 is 1.42 bits per heavy atom. The van der Waals surface area contributed by atoms with Gasteiger partial charge in [-0.1, -0.05) is 13.8 Å². The van der Waals surface area contributed by atoms with Crippen LogP contribution in [0.3, 0.4) is 0 Å². The SMILES string of the molecule is Cc1nc(Cn2ccc3c2CC(C)(C)CC3=O)cs1. The summed E-state index contributed by atoms with van der Waals surface area (Å²) < 4.78 is 2.18. The van der Waals surface area contributed by atoms with Crippen LogP contribution in [0.2, 0.25) is 0 Å². The van der Waals surface area contributed by atoms with Gasteiger partial charge in [-0.25, -0.2) is 4.98 Å². The zero-order valence-corrected chi connectivity index (χ0v) is 12.4. The normalized spacial score (nSPS) is 17.5. The Kier molecular flexibility index (Phi) is 2.86. The zero-order valence-electron chi connectivity index (χ0n) is 11.6. The minimum atomic E-state index is 0.0676. The average Bonchev–Trinajstić information content (AvgIpc) is 2.86. The van der Waals surface area contributed by atoms with Crippen molar-refractivity contribution in [2.24, 2.45) is 5.41 Å². The minimum Gasteiger partial charge on any atom is -0.345 e. The second kappa shape index (κ2) is 4.30. The van der Waals surface area contributed by atoms with Gasteiger partial charge in [0.1, 0.15) is 0 Å². The van der Waals surface area contributed by atoms with E-state index < -0.39 is 0 Å². The van der Waals surface area contributed by atoms with Gasteiger partial charge in [0.05, 0.1) is 17.2 Å². The molecule has 0 saturated carbocycles. The van der Waals surface area contributed by atoms with Gasteiger partial charge in [0.15, 0.2) is 5.78 Å². The maximum Gasteiger partial charge on any atom is 0.165 e. The molecule has 2 heterocycles. The largest absolute Gasteiger partial charge is 0.345 e. The Hall–Kier alpha value is -1.42. The molecule has 2 aromatic heterocycles. The molecule has 19 heavy (non-hydrogen) atoms. The lowest BCUT2D eigenvalue weighted by Gasteiger charge is -2.29. The summed E-state index contributed by atoms with van der Waals surface area (Å²) >= 11 is 1.67. The molecular weight excluding hydrogens is 256 g/mol. The van der Waals surface area contributed by atoms with E-state index in [2.05, 4.69) is 28.8 Å². The van der Waals surface area contributed by atoms with Gasteiger partial charge in [-0.05, 0) is 24.8 Å². The molecular formula is C15H18N2OS. The molecule has 0 radical (unpaired) electrons. The number of ketones is 1. The Morgan fingerprint density at radius 2 is 2.21 bits per heavy atom. The van der Waals surface area contributed by atoms with Crippen molar-refractivity contribution < 1.29 is 4.79 Å². The van der Waals surface area contributed by atoms with Crippen LogP contribution in [-0.2, 0) is 13.0 Å². The van der Waals surface area contributed by atoms with Crippen molar-refractivity contribution in [2.45, 2.75) is 40.2 Å².